The van der Waals surface area contributed by atoms with E-state index in [1.54, 1.807) is 24.3 Å². The second-order valence-electron chi connectivity index (χ2n) is 6.23. The molecule has 1 aromatic carbocycles. The van der Waals surface area contributed by atoms with Crippen LogP contribution >= 0.6 is 27.3 Å². The van der Waals surface area contributed by atoms with Crippen LogP contribution in [0.15, 0.2) is 38.1 Å². The van der Waals surface area contributed by atoms with Gasteiger partial charge in [-0.3, -0.25) is 9.32 Å². The monoisotopic (exact) mass is 486 g/mol. The van der Waals surface area contributed by atoms with E-state index in [4.69, 9.17) is 16.0 Å². The second kappa shape index (κ2) is 7.29. The number of aromatic nitrogens is 3. The molecule has 0 fully saturated rings. The van der Waals surface area contributed by atoms with E-state index in [2.05, 4.69) is 31.5 Å². The number of nitrogens with zero attached hydrogens (tertiary/aromatic N) is 3. The fourth-order valence-corrected chi connectivity index (χ4v) is 4.29. The summed E-state index contributed by atoms with van der Waals surface area (Å²) in [4.78, 5) is 29.8. The zero-order valence-electron chi connectivity index (χ0n) is 15.3. The molecule has 150 valence electrons. The summed E-state index contributed by atoms with van der Waals surface area (Å²) in [6.07, 6.45) is 0. The van der Waals surface area contributed by atoms with E-state index in [-0.39, 0.29) is 38.6 Å². The average Bonchev–Trinajstić information content (AvgIpc) is 3.21. The molecule has 0 atom stereocenters. The van der Waals surface area contributed by atoms with Gasteiger partial charge >= 0.3 is 11.3 Å². The van der Waals surface area contributed by atoms with Crippen LogP contribution < -0.4 is 27.1 Å². The maximum atomic E-state index is 12.9. The number of carbonyl (C=O) groups excluding carboxylic acids is 1. The lowest BCUT2D eigenvalue weighted by Crippen LogP contribution is -2.34. The van der Waals surface area contributed by atoms with Crippen molar-refractivity contribution in [1.82, 2.24) is 10.3 Å². The molecule has 30 heavy (non-hydrogen) atoms. The van der Waals surface area contributed by atoms with Crippen LogP contribution in [0.25, 0.3) is 21.5 Å². The van der Waals surface area contributed by atoms with Gasteiger partial charge in [0.25, 0.3) is 5.91 Å². The molecule has 4 rings (SSSR count). The van der Waals surface area contributed by atoms with E-state index in [0.29, 0.717) is 10.5 Å². The first-order chi connectivity index (χ1) is 14.3. The minimum absolute atomic E-state index is 0.0330. The van der Waals surface area contributed by atoms with Crippen molar-refractivity contribution >= 4 is 60.6 Å². The van der Waals surface area contributed by atoms with Crippen molar-refractivity contribution < 1.29 is 14.0 Å². The molecule has 4 aromatic rings. The second-order valence-corrected chi connectivity index (χ2v) is 8.15. The van der Waals surface area contributed by atoms with Crippen LogP contribution in [-0.4, -0.2) is 16.2 Å². The molecule has 0 spiro atoms. The summed E-state index contributed by atoms with van der Waals surface area (Å²) in [6, 6.07) is 8.99. The number of H-pyrrole nitrogens is 1. The fraction of sp³-hybridized carbons (Fsp3) is 0.0556. The third-order valence-corrected chi connectivity index (χ3v) is 5.99. The van der Waals surface area contributed by atoms with Crippen LogP contribution in [0.4, 0.5) is 17.2 Å². The third-order valence-electron chi connectivity index (χ3n) is 4.37. The minimum atomic E-state index is -0.715. The number of aromatic amines is 1. The highest BCUT2D eigenvalue weighted by Gasteiger charge is 2.32. The lowest BCUT2D eigenvalue weighted by Gasteiger charge is -2.05. The number of amides is 1. The number of nitrogen functional groups attached to an aromatic ring is 2. The van der Waals surface area contributed by atoms with Gasteiger partial charge in [0.1, 0.15) is 27.2 Å². The molecule has 0 aliphatic rings. The first kappa shape index (κ1) is 19.6. The normalized spacial score (nSPS) is 10.8. The highest BCUT2D eigenvalue weighted by atomic mass is 79.9. The van der Waals surface area contributed by atoms with Gasteiger partial charge in [0.2, 0.25) is 0 Å². The molecule has 6 N–H and O–H groups in total. The number of thiophene rings is 1. The Kier molecular flexibility index (Phi) is 4.76. The Balaban J connectivity index is 1.93. The Hall–Kier alpha value is -3.69. The maximum Gasteiger partial charge on any atom is 0.435 e. The molecule has 0 aliphatic carbocycles. The van der Waals surface area contributed by atoms with E-state index in [1.807, 2.05) is 6.07 Å². The molecule has 0 saturated carbocycles. The molecule has 0 saturated heterocycles. The standard InChI is InChI=1S/C18H12BrN7O3S/c1-26-13(18(28)29-25-26)10-9(6-20)15(22)24-17-11(10)12(21)14(30-17)16(27)23-8-4-2-7(19)3-5-8/h2-5H,1H3,(H5-,21,22,23,24,25,27,28)/p+1. The molecule has 0 radical (unpaired) electrons. The van der Waals surface area contributed by atoms with E-state index in [1.165, 1.54) is 11.7 Å². The van der Waals surface area contributed by atoms with Gasteiger partial charge in [0.15, 0.2) is 7.05 Å². The number of benzene rings is 1. The van der Waals surface area contributed by atoms with Gasteiger partial charge in [-0.1, -0.05) is 20.6 Å². The molecule has 10 nitrogen and oxygen atoms in total. The van der Waals surface area contributed by atoms with Crippen molar-refractivity contribution in [2.24, 2.45) is 7.05 Å². The van der Waals surface area contributed by atoms with Crippen LogP contribution in [0.3, 0.4) is 0 Å². The molecule has 3 heterocycles. The molecule has 0 bridgehead atoms. The Bertz CT molecular complexity index is 1410. The molecular formula is C18H13BrN7O3S+. The number of nitrogens with one attached hydrogen (secondary N) is 2. The first-order valence-corrected chi connectivity index (χ1v) is 9.99. The van der Waals surface area contributed by atoms with Crippen LogP contribution in [0.1, 0.15) is 15.2 Å². The van der Waals surface area contributed by atoms with Crippen molar-refractivity contribution in [3.8, 4) is 17.3 Å². The maximum absolute atomic E-state index is 12.9. The predicted molar refractivity (Wildman–Crippen MR) is 115 cm³/mol. The number of halogens is 1. The van der Waals surface area contributed by atoms with E-state index < -0.39 is 11.5 Å². The number of carbonyl (C=O) groups is 1. The van der Waals surface area contributed by atoms with Crippen molar-refractivity contribution in [3.63, 3.8) is 0 Å². The summed E-state index contributed by atoms with van der Waals surface area (Å²) in [7, 11) is 1.54. The largest absolute Gasteiger partial charge is 0.435 e. The smallest absolute Gasteiger partial charge is 0.397 e. The van der Waals surface area contributed by atoms with Crippen molar-refractivity contribution in [1.29, 1.82) is 5.26 Å². The predicted octanol–water partition coefficient (Wildman–Crippen LogP) is 2.12. The number of hydrogen-bond donors (Lipinski definition) is 4. The number of fused-ring (bicyclic) bond motifs is 1. The quantitative estimate of drug-likeness (QED) is 0.321. The van der Waals surface area contributed by atoms with Crippen LogP contribution in [0.5, 0.6) is 0 Å². The van der Waals surface area contributed by atoms with Crippen LogP contribution in [0.2, 0.25) is 0 Å². The Labute approximate surface area is 180 Å². The number of aryl methyl sites for hydroxylation is 1. The summed E-state index contributed by atoms with van der Waals surface area (Å²) in [5.74, 6) is -0.534. The lowest BCUT2D eigenvalue weighted by atomic mass is 10.0. The molecule has 0 unspecified atom stereocenters. The lowest BCUT2D eigenvalue weighted by molar-refractivity contribution is -0.730. The Morgan fingerprint density at radius 3 is 2.67 bits per heavy atom. The third kappa shape index (κ3) is 3.10. The SMILES string of the molecule is C[n+]1[nH]oc(=O)c1-c1c(C#N)c(N)nc2sc(C(=O)Nc3ccc(Br)cc3)c(N)c12. The van der Waals surface area contributed by atoms with Crippen molar-refractivity contribution in [3.05, 3.63) is 49.6 Å². The zero-order valence-corrected chi connectivity index (χ0v) is 17.7. The number of nitrogens with two attached hydrogens (primary N) is 2. The van der Waals surface area contributed by atoms with E-state index in [9.17, 15) is 14.9 Å². The van der Waals surface area contributed by atoms with Gasteiger partial charge in [-0.15, -0.1) is 11.3 Å². The zero-order chi connectivity index (χ0) is 21.6. The van der Waals surface area contributed by atoms with Gasteiger partial charge in [-0.05, 0) is 29.5 Å². The van der Waals surface area contributed by atoms with Gasteiger partial charge in [0, 0.05) is 10.2 Å². The molecule has 0 aliphatic heterocycles. The number of rotatable bonds is 3. The van der Waals surface area contributed by atoms with Gasteiger partial charge in [-0.25, -0.2) is 9.78 Å². The van der Waals surface area contributed by atoms with E-state index >= 15 is 0 Å². The summed E-state index contributed by atoms with van der Waals surface area (Å²) in [6.45, 7) is 0. The number of pyridine rings is 1. The minimum Gasteiger partial charge on any atom is -0.397 e. The summed E-state index contributed by atoms with van der Waals surface area (Å²) in [5, 5.41) is 15.1. The first-order valence-electron chi connectivity index (χ1n) is 8.38. The molecule has 1 amide bonds. The van der Waals surface area contributed by atoms with Crippen molar-refractivity contribution in [2.45, 2.75) is 0 Å². The Morgan fingerprint density at radius 2 is 2.07 bits per heavy atom. The molecule has 12 heteroatoms. The van der Waals surface area contributed by atoms with Crippen LogP contribution in [-0.2, 0) is 7.05 Å². The van der Waals surface area contributed by atoms with Gasteiger partial charge in [0.05, 0.1) is 16.6 Å². The molecule has 3 aromatic heterocycles. The summed E-state index contributed by atoms with van der Waals surface area (Å²) < 4.78 is 6.98. The van der Waals surface area contributed by atoms with Gasteiger partial charge in [-0.2, -0.15) is 5.26 Å². The summed E-state index contributed by atoms with van der Waals surface area (Å²) >= 11 is 4.35. The number of anilines is 3. The number of hydrogen-bond acceptors (Lipinski definition) is 8. The van der Waals surface area contributed by atoms with Gasteiger partial charge < -0.3 is 16.8 Å². The van der Waals surface area contributed by atoms with Crippen molar-refractivity contribution in [2.75, 3.05) is 16.8 Å². The number of nitriles is 1. The summed E-state index contributed by atoms with van der Waals surface area (Å²) in [5.41, 5.74) is 12.4. The van der Waals surface area contributed by atoms with E-state index in [0.717, 1.165) is 15.8 Å². The topological polar surface area (TPSA) is 168 Å². The highest BCUT2D eigenvalue weighted by molar-refractivity contribution is 9.10. The highest BCUT2D eigenvalue weighted by Crippen LogP contribution is 2.41. The Morgan fingerprint density at radius 1 is 1.37 bits per heavy atom. The van der Waals surface area contributed by atoms with Crippen LogP contribution in [0, 0.1) is 11.3 Å². The average molecular weight is 487 g/mol. The molecular weight excluding hydrogens is 474 g/mol. The fourth-order valence-electron chi connectivity index (χ4n) is 3.02.